The van der Waals surface area contributed by atoms with Crippen LogP contribution in [-0.2, 0) is 40.5 Å². The van der Waals surface area contributed by atoms with E-state index in [1.807, 2.05) is 113 Å². The van der Waals surface area contributed by atoms with Crippen molar-refractivity contribution in [3.63, 3.8) is 0 Å². The molecule has 6 aromatic carbocycles. The summed E-state index contributed by atoms with van der Waals surface area (Å²) < 4.78 is 49.3. The SMILES string of the molecule is CS(=O)(=O)NC(=O)c1cccc(N2C(=O)C3(CC3)c3ccccc32)c1.CS(=O)(=O)NC(=O)c1cccc(N2C(=O)[C@@]3(C[C@H]3c3ccc(Cl)cc3)c3ccccc32)c1.Cc1ccc(Cl)cc1. The Labute approximate surface area is 387 Å². The summed E-state index contributed by atoms with van der Waals surface area (Å²) >= 11 is 11.6. The number of fused-ring (bicyclic) bond motifs is 4. The molecule has 2 spiro atoms. The van der Waals surface area contributed by atoms with Crippen molar-refractivity contribution in [1.82, 2.24) is 9.44 Å². The van der Waals surface area contributed by atoms with Gasteiger partial charge in [0.1, 0.15) is 0 Å². The lowest BCUT2D eigenvalue weighted by atomic mass is 9.92. The molecule has 332 valence electrons. The Hall–Kier alpha value is -6.32. The zero-order valence-electron chi connectivity index (χ0n) is 35.3. The van der Waals surface area contributed by atoms with Crippen molar-refractivity contribution in [2.45, 2.75) is 42.9 Å². The van der Waals surface area contributed by atoms with Gasteiger partial charge in [0, 0.05) is 38.5 Å². The van der Waals surface area contributed by atoms with Crippen LogP contribution in [0.4, 0.5) is 22.7 Å². The third-order valence-corrected chi connectivity index (χ3v) is 13.4. The number of benzene rings is 6. The minimum Gasteiger partial charge on any atom is -0.280 e. The van der Waals surface area contributed by atoms with Gasteiger partial charge in [-0.25, -0.2) is 26.3 Å². The van der Waals surface area contributed by atoms with Crippen LogP contribution in [0, 0.1) is 6.92 Å². The highest BCUT2D eigenvalue weighted by Gasteiger charge is 2.67. The molecule has 4 aliphatic rings. The zero-order chi connectivity index (χ0) is 46.5. The highest BCUT2D eigenvalue weighted by Crippen LogP contribution is 2.67. The van der Waals surface area contributed by atoms with Gasteiger partial charge in [0.2, 0.25) is 31.9 Å². The summed E-state index contributed by atoms with van der Waals surface area (Å²) in [5, 5.41) is 1.45. The topological polar surface area (TPSA) is 167 Å². The first-order chi connectivity index (χ1) is 30.8. The number of nitrogens with one attached hydrogen (secondary N) is 2. The van der Waals surface area contributed by atoms with Crippen LogP contribution in [0.5, 0.6) is 0 Å². The molecular formula is C49H42Cl2N4O8S2. The van der Waals surface area contributed by atoms with E-state index in [0.29, 0.717) is 22.8 Å². The Bertz CT molecular complexity index is 3100. The quantitative estimate of drug-likeness (QED) is 0.160. The van der Waals surface area contributed by atoms with Crippen molar-refractivity contribution in [1.29, 1.82) is 0 Å². The standard InChI is InChI=1S/C24H19ClN2O4S.C18H16N2O4S.C7H7Cl/c1-32(30,31)26-22(28)16-5-4-6-18(13-16)27-21-8-3-2-7-19(21)24(23(27)29)14-20(24)15-9-11-17(25)12-10-15;1-25(23,24)19-16(21)12-5-4-6-13(11-12)20-15-8-3-2-7-14(15)18(9-10-18)17(20)22;1-6-2-4-7(8)5-3-6/h2-13,20H,14H2,1H3,(H,26,28);2-8,11H,9-10H2,1H3,(H,19,21);2-5H,1H3/t20-,24-;;/m0../s1. The van der Waals surface area contributed by atoms with Crippen molar-refractivity contribution in [2.75, 3.05) is 22.3 Å². The Balaban J connectivity index is 0.000000155. The molecule has 0 bridgehead atoms. The van der Waals surface area contributed by atoms with Crippen LogP contribution >= 0.6 is 23.2 Å². The molecule has 0 unspecified atom stereocenters. The molecule has 2 aliphatic carbocycles. The van der Waals surface area contributed by atoms with Crippen LogP contribution in [0.15, 0.2) is 146 Å². The second-order valence-corrected chi connectivity index (χ2v) is 20.8. The van der Waals surface area contributed by atoms with Gasteiger partial charge in [0.25, 0.3) is 11.8 Å². The van der Waals surface area contributed by atoms with E-state index >= 15 is 0 Å². The van der Waals surface area contributed by atoms with E-state index in [1.54, 1.807) is 34.1 Å². The number of amides is 4. The van der Waals surface area contributed by atoms with Gasteiger partial charge in [-0.3, -0.25) is 29.0 Å². The van der Waals surface area contributed by atoms with E-state index in [1.165, 1.54) is 29.8 Å². The maximum absolute atomic E-state index is 13.8. The second-order valence-electron chi connectivity index (χ2n) is 16.5. The van der Waals surface area contributed by atoms with Gasteiger partial charge in [0.15, 0.2) is 0 Å². The third kappa shape index (κ3) is 9.17. The smallest absolute Gasteiger partial charge is 0.264 e. The maximum atomic E-state index is 13.8. The average molecular weight is 950 g/mol. The summed E-state index contributed by atoms with van der Waals surface area (Å²) in [6.07, 6.45) is 4.19. The molecule has 0 saturated heterocycles. The molecule has 2 saturated carbocycles. The third-order valence-electron chi connectivity index (χ3n) is 11.8. The normalized spacial score (nSPS) is 18.4. The van der Waals surface area contributed by atoms with Crippen LogP contribution in [0.25, 0.3) is 0 Å². The van der Waals surface area contributed by atoms with E-state index in [2.05, 4.69) is 0 Å². The lowest BCUT2D eigenvalue weighted by molar-refractivity contribution is -0.120. The highest BCUT2D eigenvalue weighted by molar-refractivity contribution is 7.89. The Morgan fingerprint density at radius 3 is 1.51 bits per heavy atom. The number of hydrogen-bond donors (Lipinski definition) is 2. The first kappa shape index (κ1) is 45.3. The number of anilines is 4. The van der Waals surface area contributed by atoms with Crippen LogP contribution in [0.1, 0.15) is 68.2 Å². The highest BCUT2D eigenvalue weighted by atomic mass is 35.5. The van der Waals surface area contributed by atoms with E-state index in [9.17, 15) is 36.0 Å². The fraction of sp³-hybridized carbons (Fsp3) is 0.184. The van der Waals surface area contributed by atoms with Gasteiger partial charge in [-0.1, -0.05) is 102 Å². The molecule has 2 N–H and O–H groups in total. The predicted octanol–water partition coefficient (Wildman–Crippen LogP) is 8.87. The van der Waals surface area contributed by atoms with Crippen LogP contribution in [0.2, 0.25) is 10.0 Å². The summed E-state index contributed by atoms with van der Waals surface area (Å²) in [6, 6.07) is 43.5. The molecule has 10 rings (SSSR count). The van der Waals surface area contributed by atoms with Crippen molar-refractivity contribution in [2.24, 2.45) is 0 Å². The van der Waals surface area contributed by atoms with Gasteiger partial charge >= 0.3 is 0 Å². The number of rotatable bonds is 7. The molecule has 65 heavy (non-hydrogen) atoms. The molecule has 0 radical (unpaired) electrons. The Morgan fingerprint density at radius 1 is 0.585 bits per heavy atom. The maximum Gasteiger partial charge on any atom is 0.264 e. The Kier molecular flexibility index (Phi) is 12.0. The van der Waals surface area contributed by atoms with Gasteiger partial charge in [-0.15, -0.1) is 0 Å². The van der Waals surface area contributed by atoms with Crippen molar-refractivity contribution >= 4 is 89.6 Å². The van der Waals surface area contributed by atoms with Crippen molar-refractivity contribution in [3.8, 4) is 0 Å². The summed E-state index contributed by atoms with van der Waals surface area (Å²) in [6.45, 7) is 2.04. The first-order valence-electron chi connectivity index (χ1n) is 20.4. The average Bonchev–Trinajstić information content (AvgIpc) is 4.19. The molecule has 0 aromatic heterocycles. The minimum atomic E-state index is -3.70. The van der Waals surface area contributed by atoms with Gasteiger partial charge in [-0.05, 0) is 116 Å². The molecule has 2 heterocycles. The molecule has 2 aliphatic heterocycles. The number of halogens is 2. The fourth-order valence-corrected chi connectivity index (χ4v) is 9.72. The number of carbonyl (C=O) groups excluding carboxylic acids is 4. The molecule has 16 heteroatoms. The molecule has 4 amide bonds. The van der Waals surface area contributed by atoms with Gasteiger partial charge in [0.05, 0.1) is 34.7 Å². The number of nitrogens with zero attached hydrogens (tertiary/aromatic N) is 2. The van der Waals surface area contributed by atoms with Crippen molar-refractivity contribution < 1.29 is 36.0 Å². The number of hydrogen-bond acceptors (Lipinski definition) is 8. The van der Waals surface area contributed by atoms with E-state index in [0.717, 1.165) is 58.4 Å². The largest absolute Gasteiger partial charge is 0.280 e. The van der Waals surface area contributed by atoms with Crippen LogP contribution in [0.3, 0.4) is 0 Å². The van der Waals surface area contributed by atoms with Crippen molar-refractivity contribution in [3.05, 3.63) is 189 Å². The second kappa shape index (κ2) is 17.2. The first-order valence-corrected chi connectivity index (χ1v) is 25.0. The summed E-state index contributed by atoms with van der Waals surface area (Å²) in [7, 11) is -7.35. The minimum absolute atomic E-state index is 0.00868. The fourth-order valence-electron chi connectivity index (χ4n) is 8.56. The zero-order valence-corrected chi connectivity index (χ0v) is 38.4. The number of carbonyl (C=O) groups is 4. The summed E-state index contributed by atoms with van der Waals surface area (Å²) in [5.74, 6) is -1.47. The number of aryl methyl sites for hydroxylation is 1. The van der Waals surface area contributed by atoms with Crippen LogP contribution < -0.4 is 19.2 Å². The van der Waals surface area contributed by atoms with E-state index < -0.39 is 42.7 Å². The van der Waals surface area contributed by atoms with E-state index in [-0.39, 0.29) is 28.9 Å². The number of para-hydroxylation sites is 2. The Morgan fingerprint density at radius 2 is 1.03 bits per heavy atom. The monoisotopic (exact) mass is 948 g/mol. The lowest BCUT2D eigenvalue weighted by Gasteiger charge is -2.19. The van der Waals surface area contributed by atoms with Gasteiger partial charge in [-0.2, -0.15) is 0 Å². The summed E-state index contributed by atoms with van der Waals surface area (Å²) in [5.41, 5.74) is 6.20. The number of sulfonamides is 2. The molecule has 6 aromatic rings. The summed E-state index contributed by atoms with van der Waals surface area (Å²) in [4.78, 5) is 54.5. The molecule has 2 atom stereocenters. The molecule has 12 nitrogen and oxygen atoms in total. The van der Waals surface area contributed by atoms with Gasteiger partial charge < -0.3 is 0 Å². The predicted molar refractivity (Wildman–Crippen MR) is 252 cm³/mol. The molecule has 2 fully saturated rings. The van der Waals surface area contributed by atoms with E-state index in [4.69, 9.17) is 23.2 Å². The molecular weight excluding hydrogens is 908 g/mol. The van der Waals surface area contributed by atoms with Crippen LogP contribution in [-0.4, -0.2) is 53.0 Å². The lowest BCUT2D eigenvalue weighted by Crippen LogP contribution is -2.31.